The van der Waals surface area contributed by atoms with Gasteiger partial charge in [-0.2, -0.15) is 0 Å². The van der Waals surface area contributed by atoms with Gasteiger partial charge in [-0.05, 0) is 19.3 Å². The number of anilines is 1. The lowest BCUT2D eigenvalue weighted by molar-refractivity contribution is -0.0511. The lowest BCUT2D eigenvalue weighted by atomic mass is 10.1. The number of nitrogens with zero attached hydrogens (tertiary/aromatic N) is 4. The van der Waals surface area contributed by atoms with E-state index in [1.54, 1.807) is 4.57 Å². The highest BCUT2D eigenvalue weighted by molar-refractivity contribution is 5.82. The second-order valence-corrected chi connectivity index (χ2v) is 6.64. The number of aliphatic hydroxyl groups excluding tert-OH is 3. The molecular weight excluding hydrogens is 342 g/mol. The van der Waals surface area contributed by atoms with Crippen molar-refractivity contribution in [2.75, 3.05) is 25.1 Å². The van der Waals surface area contributed by atoms with E-state index in [0.717, 1.165) is 25.9 Å². The predicted molar refractivity (Wildman–Crippen MR) is 90.4 cm³/mol. The van der Waals surface area contributed by atoms with E-state index in [-0.39, 0.29) is 12.7 Å². The zero-order chi connectivity index (χ0) is 18.1. The van der Waals surface area contributed by atoms with Gasteiger partial charge < -0.3 is 30.1 Å². The highest BCUT2D eigenvalue weighted by atomic mass is 16.6. The molecule has 142 valence electrons. The second-order valence-electron chi connectivity index (χ2n) is 6.64. The molecule has 0 saturated carbocycles. The average Bonchev–Trinajstić information content (AvgIpc) is 3.23. The van der Waals surface area contributed by atoms with Crippen LogP contribution in [0.4, 0.5) is 5.82 Å². The predicted octanol–water partition coefficient (Wildman–Crippen LogP) is -0.581. The minimum atomic E-state index is -1.19. The Morgan fingerprint density at radius 2 is 2.08 bits per heavy atom. The summed E-state index contributed by atoms with van der Waals surface area (Å²) >= 11 is 0. The van der Waals surface area contributed by atoms with Crippen molar-refractivity contribution in [1.29, 1.82) is 0 Å². The lowest BCUT2D eigenvalue weighted by Crippen LogP contribution is -2.33. The molecule has 0 aliphatic carbocycles. The Labute approximate surface area is 149 Å². The van der Waals surface area contributed by atoms with E-state index in [2.05, 4.69) is 20.3 Å². The van der Waals surface area contributed by atoms with Crippen molar-refractivity contribution < 1.29 is 24.8 Å². The Hall–Kier alpha value is -1.85. The molecule has 0 bridgehead atoms. The number of fused-ring (bicyclic) bond motifs is 1. The van der Waals surface area contributed by atoms with Gasteiger partial charge in [0.1, 0.15) is 24.6 Å². The molecule has 10 nitrogen and oxygen atoms in total. The van der Waals surface area contributed by atoms with E-state index in [1.165, 1.54) is 12.7 Å². The molecule has 4 N–H and O–H groups in total. The fourth-order valence-corrected chi connectivity index (χ4v) is 3.46. The van der Waals surface area contributed by atoms with Gasteiger partial charge in [0.05, 0.1) is 19.0 Å². The first kappa shape index (κ1) is 17.6. The van der Waals surface area contributed by atoms with Crippen LogP contribution in [0.2, 0.25) is 0 Å². The van der Waals surface area contributed by atoms with Crippen molar-refractivity contribution in [2.24, 2.45) is 0 Å². The summed E-state index contributed by atoms with van der Waals surface area (Å²) in [6, 6.07) is 0. The number of aromatic nitrogens is 4. The molecule has 4 heterocycles. The second kappa shape index (κ2) is 7.41. The summed E-state index contributed by atoms with van der Waals surface area (Å²) < 4.78 is 12.8. The molecule has 0 amide bonds. The molecule has 2 aromatic heterocycles. The molecule has 0 radical (unpaired) electrons. The molecule has 26 heavy (non-hydrogen) atoms. The highest BCUT2D eigenvalue weighted by Crippen LogP contribution is 2.32. The number of rotatable bonds is 5. The number of hydrogen-bond donors (Lipinski definition) is 4. The van der Waals surface area contributed by atoms with Gasteiger partial charge in [-0.3, -0.25) is 4.57 Å². The zero-order valence-electron chi connectivity index (χ0n) is 14.2. The topological polar surface area (TPSA) is 135 Å². The molecule has 2 aliphatic rings. The third-order valence-electron chi connectivity index (χ3n) is 4.92. The molecule has 0 aromatic carbocycles. The van der Waals surface area contributed by atoms with Gasteiger partial charge in [-0.25, -0.2) is 15.0 Å². The number of aliphatic hydroxyl groups is 3. The lowest BCUT2D eigenvalue weighted by Gasteiger charge is -2.23. The SMILES string of the molecule is OC[C@H]1OC(n2cnc3c(NCC4CCCCO4)ncnc32)[C@H](O)[C@@H]1O. The van der Waals surface area contributed by atoms with Crippen LogP contribution in [0.3, 0.4) is 0 Å². The largest absolute Gasteiger partial charge is 0.394 e. The van der Waals surface area contributed by atoms with E-state index < -0.39 is 24.5 Å². The highest BCUT2D eigenvalue weighted by Gasteiger charge is 2.44. The van der Waals surface area contributed by atoms with Crippen LogP contribution in [-0.2, 0) is 9.47 Å². The Bertz CT molecular complexity index is 750. The van der Waals surface area contributed by atoms with Crippen molar-refractivity contribution in [3.8, 4) is 0 Å². The minimum absolute atomic E-state index is 0.149. The van der Waals surface area contributed by atoms with E-state index >= 15 is 0 Å². The Balaban J connectivity index is 1.55. The van der Waals surface area contributed by atoms with Gasteiger partial charge in [0, 0.05) is 13.2 Å². The van der Waals surface area contributed by atoms with Gasteiger partial charge >= 0.3 is 0 Å². The molecule has 2 unspecified atom stereocenters. The van der Waals surface area contributed by atoms with E-state index in [1.807, 2.05) is 0 Å². The molecule has 2 aliphatic heterocycles. The summed E-state index contributed by atoms with van der Waals surface area (Å²) in [5.74, 6) is 0.578. The standard InChI is InChI=1S/C16H23N5O5/c22-6-10-12(23)13(24)16(26-10)21-8-20-11-14(18-7-19-15(11)21)17-5-9-3-1-2-4-25-9/h7-10,12-13,16,22-24H,1-6H2,(H,17,18,19)/t9?,10-,12-,13-,16?/m1/s1. The Kier molecular flexibility index (Phi) is 5.00. The van der Waals surface area contributed by atoms with Crippen molar-refractivity contribution in [1.82, 2.24) is 19.5 Å². The van der Waals surface area contributed by atoms with Crippen molar-refractivity contribution in [3.63, 3.8) is 0 Å². The molecule has 2 fully saturated rings. The molecule has 5 atom stereocenters. The molecule has 2 saturated heterocycles. The first-order chi connectivity index (χ1) is 12.7. The molecule has 0 spiro atoms. The minimum Gasteiger partial charge on any atom is -0.394 e. The summed E-state index contributed by atoms with van der Waals surface area (Å²) in [5.41, 5.74) is 1.02. The number of nitrogens with one attached hydrogen (secondary N) is 1. The normalized spacial score (nSPS) is 32.2. The number of ether oxygens (including phenoxy) is 2. The quantitative estimate of drug-likeness (QED) is 0.549. The van der Waals surface area contributed by atoms with Crippen LogP contribution in [0, 0.1) is 0 Å². The van der Waals surface area contributed by atoms with Crippen molar-refractivity contribution in [3.05, 3.63) is 12.7 Å². The van der Waals surface area contributed by atoms with E-state index in [9.17, 15) is 15.3 Å². The van der Waals surface area contributed by atoms with Gasteiger partial charge in [-0.1, -0.05) is 0 Å². The fraction of sp³-hybridized carbons (Fsp3) is 0.688. The Morgan fingerprint density at radius 3 is 2.81 bits per heavy atom. The zero-order valence-corrected chi connectivity index (χ0v) is 14.2. The van der Waals surface area contributed by atoms with Gasteiger partial charge in [-0.15, -0.1) is 0 Å². The molecule has 2 aromatic rings. The maximum absolute atomic E-state index is 10.2. The molecule has 4 rings (SSSR count). The maximum atomic E-state index is 10.2. The third-order valence-corrected chi connectivity index (χ3v) is 4.92. The van der Waals surface area contributed by atoms with Crippen LogP contribution < -0.4 is 5.32 Å². The number of imidazole rings is 1. The third kappa shape index (κ3) is 3.14. The van der Waals surface area contributed by atoms with Gasteiger partial charge in [0.2, 0.25) is 0 Å². The molecule has 10 heteroatoms. The van der Waals surface area contributed by atoms with Gasteiger partial charge in [0.25, 0.3) is 0 Å². The van der Waals surface area contributed by atoms with E-state index in [4.69, 9.17) is 9.47 Å². The average molecular weight is 365 g/mol. The first-order valence-electron chi connectivity index (χ1n) is 8.84. The van der Waals surface area contributed by atoms with Crippen LogP contribution in [0.5, 0.6) is 0 Å². The fourth-order valence-electron chi connectivity index (χ4n) is 3.46. The van der Waals surface area contributed by atoms with Crippen LogP contribution in [0.15, 0.2) is 12.7 Å². The van der Waals surface area contributed by atoms with Crippen LogP contribution in [0.25, 0.3) is 11.2 Å². The van der Waals surface area contributed by atoms with E-state index in [0.29, 0.717) is 23.5 Å². The maximum Gasteiger partial charge on any atom is 0.167 e. The van der Waals surface area contributed by atoms with Gasteiger partial charge in [0.15, 0.2) is 23.2 Å². The summed E-state index contributed by atoms with van der Waals surface area (Å²) in [4.78, 5) is 12.8. The Morgan fingerprint density at radius 1 is 1.19 bits per heavy atom. The van der Waals surface area contributed by atoms with Crippen LogP contribution in [0.1, 0.15) is 25.5 Å². The first-order valence-corrected chi connectivity index (χ1v) is 8.84. The summed E-state index contributed by atoms with van der Waals surface area (Å²) in [6.07, 6.45) is 2.22. The monoisotopic (exact) mass is 365 g/mol. The molecular formula is C16H23N5O5. The van der Waals surface area contributed by atoms with Crippen molar-refractivity contribution in [2.45, 2.75) is 49.9 Å². The van der Waals surface area contributed by atoms with Crippen LogP contribution in [-0.4, -0.2) is 79.0 Å². The smallest absolute Gasteiger partial charge is 0.167 e. The van der Waals surface area contributed by atoms with Crippen LogP contribution >= 0.6 is 0 Å². The number of hydrogen-bond acceptors (Lipinski definition) is 9. The summed E-state index contributed by atoms with van der Waals surface area (Å²) in [5, 5.41) is 32.7. The summed E-state index contributed by atoms with van der Waals surface area (Å²) in [6.45, 7) is 1.03. The summed E-state index contributed by atoms with van der Waals surface area (Å²) in [7, 11) is 0. The van der Waals surface area contributed by atoms with Crippen molar-refractivity contribution >= 4 is 17.0 Å².